The number of rotatable bonds is 4. The van der Waals surface area contributed by atoms with Crippen LogP contribution in [0.2, 0.25) is 0 Å². The zero-order chi connectivity index (χ0) is 18.5. The van der Waals surface area contributed by atoms with E-state index in [0.29, 0.717) is 16.8 Å². The van der Waals surface area contributed by atoms with Gasteiger partial charge in [0.05, 0.1) is 11.6 Å². The topological polar surface area (TPSA) is 85.9 Å². The minimum atomic E-state index is -1.72. The molecule has 1 atom stereocenters. The summed E-state index contributed by atoms with van der Waals surface area (Å²) in [5.74, 6) is -0.698. The number of esters is 1. The van der Waals surface area contributed by atoms with Gasteiger partial charge >= 0.3 is 5.97 Å². The molecule has 0 spiro atoms. The van der Waals surface area contributed by atoms with Crippen molar-refractivity contribution in [3.8, 4) is 12.1 Å². The van der Waals surface area contributed by atoms with Gasteiger partial charge in [-0.3, -0.25) is 0 Å². The molecule has 2 rings (SSSR count). The largest absolute Gasteiger partial charge is 0.457 e. The molecular weight excluding hydrogens is 314 g/mol. The summed E-state index contributed by atoms with van der Waals surface area (Å²) in [6.45, 7) is 5.23. The Labute approximate surface area is 147 Å². The second-order valence-electron chi connectivity index (χ2n) is 6.54. The van der Waals surface area contributed by atoms with Gasteiger partial charge in [-0.05, 0) is 45.0 Å². The molecule has 0 aromatic heterocycles. The van der Waals surface area contributed by atoms with Crippen molar-refractivity contribution in [2.75, 3.05) is 5.32 Å². The van der Waals surface area contributed by atoms with Gasteiger partial charge in [-0.15, -0.1) is 0 Å². The Kier molecular flexibility index (Phi) is 5.10. The first-order valence-electron chi connectivity index (χ1n) is 7.79. The summed E-state index contributed by atoms with van der Waals surface area (Å²) in [5.41, 5.74) is -1.00. The third-order valence-corrected chi connectivity index (χ3v) is 3.43. The third-order valence-electron chi connectivity index (χ3n) is 3.43. The molecule has 2 aromatic rings. The average Bonchev–Trinajstić information content (AvgIpc) is 2.59. The summed E-state index contributed by atoms with van der Waals surface area (Å²) < 4.78 is 5.49. The van der Waals surface area contributed by atoms with E-state index in [1.165, 1.54) is 0 Å². The molecule has 2 aromatic carbocycles. The van der Waals surface area contributed by atoms with E-state index in [0.717, 1.165) is 0 Å². The van der Waals surface area contributed by atoms with E-state index < -0.39 is 17.1 Å². The number of carbonyl (C=O) groups is 1. The number of benzene rings is 2. The van der Waals surface area contributed by atoms with Crippen LogP contribution in [0.5, 0.6) is 0 Å². The molecule has 5 nitrogen and oxygen atoms in total. The third kappa shape index (κ3) is 4.16. The van der Waals surface area contributed by atoms with Gasteiger partial charge in [-0.2, -0.15) is 10.5 Å². The van der Waals surface area contributed by atoms with E-state index in [-0.39, 0.29) is 0 Å². The molecule has 1 N–H and O–H groups in total. The van der Waals surface area contributed by atoms with Crippen molar-refractivity contribution in [3.05, 3.63) is 65.7 Å². The quantitative estimate of drug-likeness (QED) is 0.862. The van der Waals surface area contributed by atoms with E-state index in [1.54, 1.807) is 69.3 Å². The van der Waals surface area contributed by atoms with Gasteiger partial charge in [-0.1, -0.05) is 30.3 Å². The lowest BCUT2D eigenvalue weighted by atomic mass is 9.90. The molecule has 25 heavy (non-hydrogen) atoms. The maximum absolute atomic E-state index is 12.9. The van der Waals surface area contributed by atoms with Crippen LogP contribution in [0.4, 0.5) is 5.69 Å². The molecule has 0 heterocycles. The molecule has 0 radical (unpaired) electrons. The lowest BCUT2D eigenvalue weighted by Gasteiger charge is -2.31. The Hall–Kier alpha value is -3.31. The van der Waals surface area contributed by atoms with E-state index in [2.05, 4.69) is 11.4 Å². The molecular formula is C20H19N3O2. The van der Waals surface area contributed by atoms with Crippen LogP contribution in [-0.4, -0.2) is 11.6 Å². The average molecular weight is 333 g/mol. The summed E-state index contributed by atoms with van der Waals surface area (Å²) in [5, 5.41) is 21.9. The molecule has 0 unspecified atom stereocenters. The molecule has 0 aliphatic heterocycles. The van der Waals surface area contributed by atoms with Crippen LogP contribution in [0.1, 0.15) is 31.9 Å². The normalized spacial score (nSPS) is 13.0. The molecule has 0 fully saturated rings. The minimum Gasteiger partial charge on any atom is -0.457 e. The van der Waals surface area contributed by atoms with Gasteiger partial charge in [0.15, 0.2) is 0 Å². The minimum absolute atomic E-state index is 0.409. The molecule has 0 aliphatic carbocycles. The van der Waals surface area contributed by atoms with Crippen molar-refractivity contribution in [1.82, 2.24) is 0 Å². The van der Waals surface area contributed by atoms with Crippen molar-refractivity contribution in [1.29, 1.82) is 10.5 Å². The Morgan fingerprint density at radius 2 is 1.60 bits per heavy atom. The lowest BCUT2D eigenvalue weighted by Crippen LogP contribution is -2.46. The number of anilines is 1. The van der Waals surface area contributed by atoms with E-state index in [1.807, 2.05) is 12.1 Å². The zero-order valence-electron chi connectivity index (χ0n) is 14.4. The van der Waals surface area contributed by atoms with E-state index in [9.17, 15) is 10.1 Å². The summed E-state index contributed by atoms with van der Waals surface area (Å²) in [6, 6.07) is 19.4. The predicted molar refractivity (Wildman–Crippen MR) is 94.4 cm³/mol. The molecule has 0 amide bonds. The molecule has 126 valence electrons. The fourth-order valence-corrected chi connectivity index (χ4v) is 2.27. The Morgan fingerprint density at radius 3 is 2.08 bits per heavy atom. The van der Waals surface area contributed by atoms with Crippen molar-refractivity contribution in [2.24, 2.45) is 0 Å². The number of para-hydroxylation sites is 1. The monoisotopic (exact) mass is 333 g/mol. The van der Waals surface area contributed by atoms with Gasteiger partial charge in [0.2, 0.25) is 5.54 Å². The maximum atomic E-state index is 12.9. The fourth-order valence-electron chi connectivity index (χ4n) is 2.27. The molecule has 0 aliphatic rings. The van der Waals surface area contributed by atoms with Gasteiger partial charge in [-0.25, -0.2) is 4.79 Å². The first-order chi connectivity index (χ1) is 11.8. The highest BCUT2D eigenvalue weighted by Crippen LogP contribution is 2.29. The van der Waals surface area contributed by atoms with Crippen molar-refractivity contribution < 1.29 is 9.53 Å². The highest BCUT2D eigenvalue weighted by atomic mass is 16.6. The summed E-state index contributed by atoms with van der Waals surface area (Å²) in [7, 11) is 0. The highest BCUT2D eigenvalue weighted by molar-refractivity contribution is 5.90. The van der Waals surface area contributed by atoms with Gasteiger partial charge in [0.1, 0.15) is 11.7 Å². The van der Waals surface area contributed by atoms with Gasteiger partial charge < -0.3 is 10.1 Å². The first kappa shape index (κ1) is 18.0. The number of hydrogen-bond donors (Lipinski definition) is 1. The standard InChI is InChI=1S/C20H19N3O2/c1-19(2,3)25-18(24)20(14-22,23-17-7-5-4-6-8-17)16-11-9-15(13-21)10-12-16/h4-12,23H,1-3H3/t20-/m1/s1. The number of nitrogens with zero attached hydrogens (tertiary/aromatic N) is 2. The maximum Gasteiger partial charge on any atom is 0.352 e. The van der Waals surface area contributed by atoms with Crippen LogP contribution in [0.15, 0.2) is 54.6 Å². The SMILES string of the molecule is CC(C)(C)OC(=O)[C@](C#N)(Nc1ccccc1)c1ccc(C#N)cc1. The summed E-state index contributed by atoms with van der Waals surface area (Å²) in [4.78, 5) is 12.9. The van der Waals surface area contributed by atoms with Crippen LogP contribution < -0.4 is 5.32 Å². The van der Waals surface area contributed by atoms with Crippen molar-refractivity contribution >= 4 is 11.7 Å². The van der Waals surface area contributed by atoms with Gasteiger partial charge in [0, 0.05) is 11.3 Å². The summed E-state index contributed by atoms with van der Waals surface area (Å²) in [6.07, 6.45) is 0. The molecule has 0 saturated heterocycles. The van der Waals surface area contributed by atoms with E-state index in [4.69, 9.17) is 10.00 Å². The molecule has 0 saturated carbocycles. The van der Waals surface area contributed by atoms with Crippen LogP contribution in [0.3, 0.4) is 0 Å². The van der Waals surface area contributed by atoms with Crippen LogP contribution >= 0.6 is 0 Å². The predicted octanol–water partition coefficient (Wildman–Crippen LogP) is 3.73. The second-order valence-corrected chi connectivity index (χ2v) is 6.54. The van der Waals surface area contributed by atoms with Crippen molar-refractivity contribution in [2.45, 2.75) is 31.9 Å². The number of nitrogens with one attached hydrogen (secondary N) is 1. The smallest absolute Gasteiger partial charge is 0.352 e. The Bertz CT molecular complexity index is 824. The van der Waals surface area contributed by atoms with Gasteiger partial charge in [0.25, 0.3) is 0 Å². The summed E-state index contributed by atoms with van der Waals surface area (Å²) >= 11 is 0. The highest BCUT2D eigenvalue weighted by Gasteiger charge is 2.44. The van der Waals surface area contributed by atoms with Crippen molar-refractivity contribution in [3.63, 3.8) is 0 Å². The van der Waals surface area contributed by atoms with Crippen LogP contribution in [0.25, 0.3) is 0 Å². The Balaban J connectivity index is 2.54. The van der Waals surface area contributed by atoms with E-state index >= 15 is 0 Å². The van der Waals surface area contributed by atoms with Crippen LogP contribution in [-0.2, 0) is 15.1 Å². The lowest BCUT2D eigenvalue weighted by molar-refractivity contribution is -0.158. The fraction of sp³-hybridized carbons (Fsp3) is 0.250. The van der Waals surface area contributed by atoms with Crippen LogP contribution in [0, 0.1) is 22.7 Å². The second kappa shape index (κ2) is 7.07. The first-order valence-corrected chi connectivity index (χ1v) is 7.79. The number of ether oxygens (including phenoxy) is 1. The zero-order valence-corrected chi connectivity index (χ0v) is 14.4. The number of hydrogen-bond acceptors (Lipinski definition) is 5. The molecule has 5 heteroatoms. The Morgan fingerprint density at radius 1 is 1.00 bits per heavy atom. The number of carbonyl (C=O) groups excluding carboxylic acids is 1. The number of nitriles is 2. The molecule has 0 bridgehead atoms.